The number of aromatic nitrogens is 2. The summed E-state index contributed by atoms with van der Waals surface area (Å²) in [6.45, 7) is 1.25. The van der Waals surface area contributed by atoms with Gasteiger partial charge in [0.2, 0.25) is 5.95 Å². The third kappa shape index (κ3) is 3.77. The van der Waals surface area contributed by atoms with Gasteiger partial charge >= 0.3 is 0 Å². The number of imidazole rings is 1. The van der Waals surface area contributed by atoms with Gasteiger partial charge in [-0.25, -0.2) is 4.98 Å². The van der Waals surface area contributed by atoms with Gasteiger partial charge < -0.3 is 24.5 Å². The molecular formula is C14H22N6O. The number of nitrogens with one attached hydrogen (secondary N) is 2. The summed E-state index contributed by atoms with van der Waals surface area (Å²) in [4.78, 5) is 10.5. The fraction of sp³-hybridized carbons (Fsp3) is 0.429. The summed E-state index contributed by atoms with van der Waals surface area (Å²) in [5.74, 6) is 2.51. The molecule has 0 aliphatic heterocycles. The van der Waals surface area contributed by atoms with Gasteiger partial charge in [0.1, 0.15) is 5.76 Å². The standard InChI is InChI=1S/C14H22N6O/c1-15-13(17-10-12-6-5-7-21-12)16-8-11-9-18-14(19(2)3)20(11)4/h5-7,9H,8,10H2,1-4H3,(H2,15,16,17). The van der Waals surface area contributed by atoms with Gasteiger partial charge in [0.05, 0.1) is 31.2 Å². The minimum absolute atomic E-state index is 0.598. The number of rotatable bonds is 5. The number of furan rings is 1. The topological polar surface area (TPSA) is 70.6 Å². The largest absolute Gasteiger partial charge is 0.467 e. The third-order valence-electron chi connectivity index (χ3n) is 3.13. The molecule has 114 valence electrons. The van der Waals surface area contributed by atoms with Crippen molar-refractivity contribution < 1.29 is 4.42 Å². The van der Waals surface area contributed by atoms with Crippen LogP contribution in [0.15, 0.2) is 34.0 Å². The Labute approximate surface area is 124 Å². The van der Waals surface area contributed by atoms with Gasteiger partial charge in [0, 0.05) is 28.2 Å². The smallest absolute Gasteiger partial charge is 0.204 e. The molecule has 0 bridgehead atoms. The second-order valence-corrected chi connectivity index (χ2v) is 4.86. The summed E-state index contributed by atoms with van der Waals surface area (Å²) in [6, 6.07) is 3.79. The van der Waals surface area contributed by atoms with Crippen molar-refractivity contribution in [3.05, 3.63) is 36.0 Å². The Bertz CT molecular complexity index is 585. The van der Waals surface area contributed by atoms with Crippen LogP contribution < -0.4 is 15.5 Å². The van der Waals surface area contributed by atoms with Crippen LogP contribution >= 0.6 is 0 Å². The van der Waals surface area contributed by atoms with E-state index >= 15 is 0 Å². The molecule has 0 spiro atoms. The van der Waals surface area contributed by atoms with E-state index in [4.69, 9.17) is 4.42 Å². The molecular weight excluding hydrogens is 268 g/mol. The molecule has 0 unspecified atom stereocenters. The number of anilines is 1. The van der Waals surface area contributed by atoms with Crippen molar-refractivity contribution in [2.45, 2.75) is 13.1 Å². The van der Waals surface area contributed by atoms with Crippen LogP contribution in [0.25, 0.3) is 0 Å². The molecule has 2 aromatic heterocycles. The SMILES string of the molecule is CN=C(NCc1ccco1)NCc1cnc(N(C)C)n1C. The van der Waals surface area contributed by atoms with Crippen molar-refractivity contribution in [3.63, 3.8) is 0 Å². The van der Waals surface area contributed by atoms with E-state index in [1.807, 2.05) is 48.9 Å². The van der Waals surface area contributed by atoms with Gasteiger partial charge in [-0.2, -0.15) is 0 Å². The Morgan fingerprint density at radius 1 is 1.38 bits per heavy atom. The second-order valence-electron chi connectivity index (χ2n) is 4.86. The quantitative estimate of drug-likeness (QED) is 0.633. The predicted molar refractivity (Wildman–Crippen MR) is 83.3 cm³/mol. The Morgan fingerprint density at radius 2 is 2.14 bits per heavy atom. The minimum Gasteiger partial charge on any atom is -0.467 e. The molecule has 0 atom stereocenters. The Balaban J connectivity index is 1.88. The highest BCUT2D eigenvalue weighted by Gasteiger charge is 2.08. The molecule has 0 saturated carbocycles. The van der Waals surface area contributed by atoms with E-state index in [9.17, 15) is 0 Å². The molecule has 0 amide bonds. The van der Waals surface area contributed by atoms with E-state index in [1.165, 1.54) is 0 Å². The van der Waals surface area contributed by atoms with E-state index in [2.05, 4.69) is 20.6 Å². The summed E-state index contributed by atoms with van der Waals surface area (Å²) in [7, 11) is 7.69. The third-order valence-corrected chi connectivity index (χ3v) is 3.13. The first-order chi connectivity index (χ1) is 10.1. The lowest BCUT2D eigenvalue weighted by Gasteiger charge is -2.14. The highest BCUT2D eigenvalue weighted by molar-refractivity contribution is 5.79. The van der Waals surface area contributed by atoms with Crippen LogP contribution in [0.4, 0.5) is 5.95 Å². The lowest BCUT2D eigenvalue weighted by Crippen LogP contribution is -2.36. The van der Waals surface area contributed by atoms with Crippen LogP contribution in [-0.2, 0) is 20.1 Å². The van der Waals surface area contributed by atoms with Crippen LogP contribution in [-0.4, -0.2) is 36.7 Å². The molecule has 2 aromatic rings. The number of hydrogen-bond acceptors (Lipinski definition) is 4. The maximum Gasteiger partial charge on any atom is 0.204 e. The van der Waals surface area contributed by atoms with Gasteiger partial charge in [0.25, 0.3) is 0 Å². The van der Waals surface area contributed by atoms with Gasteiger partial charge in [-0.15, -0.1) is 0 Å². The highest BCUT2D eigenvalue weighted by atomic mass is 16.3. The van der Waals surface area contributed by atoms with Crippen LogP contribution in [0.1, 0.15) is 11.5 Å². The van der Waals surface area contributed by atoms with E-state index in [1.54, 1.807) is 13.3 Å². The average molecular weight is 290 g/mol. The van der Waals surface area contributed by atoms with Crippen molar-refractivity contribution in [1.82, 2.24) is 20.2 Å². The molecule has 7 heteroatoms. The van der Waals surface area contributed by atoms with Crippen molar-refractivity contribution >= 4 is 11.9 Å². The molecule has 2 rings (SSSR count). The number of hydrogen-bond donors (Lipinski definition) is 2. The molecule has 2 heterocycles. The minimum atomic E-state index is 0.598. The summed E-state index contributed by atoms with van der Waals surface area (Å²) >= 11 is 0. The highest BCUT2D eigenvalue weighted by Crippen LogP contribution is 2.10. The van der Waals surface area contributed by atoms with E-state index in [-0.39, 0.29) is 0 Å². The van der Waals surface area contributed by atoms with Gasteiger partial charge in [-0.3, -0.25) is 4.99 Å². The van der Waals surface area contributed by atoms with E-state index in [0.717, 1.165) is 23.4 Å². The molecule has 2 N–H and O–H groups in total. The second kappa shape index (κ2) is 6.83. The summed E-state index contributed by atoms with van der Waals surface area (Å²) < 4.78 is 7.32. The maximum absolute atomic E-state index is 5.28. The number of nitrogens with zero attached hydrogens (tertiary/aromatic N) is 4. The lowest BCUT2D eigenvalue weighted by atomic mass is 10.4. The van der Waals surface area contributed by atoms with Gasteiger partial charge in [-0.05, 0) is 12.1 Å². The molecule has 0 saturated heterocycles. The van der Waals surface area contributed by atoms with Gasteiger partial charge in [0.15, 0.2) is 5.96 Å². The van der Waals surface area contributed by atoms with Crippen molar-refractivity contribution in [2.75, 3.05) is 26.0 Å². The molecule has 0 fully saturated rings. The molecule has 0 aliphatic rings. The average Bonchev–Trinajstić information content (AvgIpc) is 3.09. The van der Waals surface area contributed by atoms with Crippen LogP contribution in [0.3, 0.4) is 0 Å². The maximum atomic E-state index is 5.28. The summed E-state index contributed by atoms with van der Waals surface area (Å²) in [6.07, 6.45) is 3.52. The zero-order valence-electron chi connectivity index (χ0n) is 12.9. The summed E-state index contributed by atoms with van der Waals surface area (Å²) in [5, 5.41) is 6.46. The first kappa shape index (κ1) is 15.0. The summed E-state index contributed by atoms with van der Waals surface area (Å²) in [5.41, 5.74) is 1.08. The fourth-order valence-electron chi connectivity index (χ4n) is 1.99. The van der Waals surface area contributed by atoms with E-state index in [0.29, 0.717) is 13.1 Å². The van der Waals surface area contributed by atoms with Crippen molar-refractivity contribution in [1.29, 1.82) is 0 Å². The van der Waals surface area contributed by atoms with Crippen LogP contribution in [0, 0.1) is 0 Å². The molecule has 0 aromatic carbocycles. The zero-order chi connectivity index (χ0) is 15.2. The first-order valence-electron chi connectivity index (χ1n) is 6.76. The van der Waals surface area contributed by atoms with Crippen molar-refractivity contribution in [2.24, 2.45) is 12.0 Å². The Kier molecular flexibility index (Phi) is 4.86. The van der Waals surface area contributed by atoms with E-state index < -0.39 is 0 Å². The normalized spacial score (nSPS) is 11.5. The van der Waals surface area contributed by atoms with Crippen LogP contribution in [0.2, 0.25) is 0 Å². The fourth-order valence-corrected chi connectivity index (χ4v) is 1.99. The Hall–Kier alpha value is -2.44. The monoisotopic (exact) mass is 290 g/mol. The van der Waals surface area contributed by atoms with Crippen molar-refractivity contribution in [3.8, 4) is 0 Å². The number of guanidine groups is 1. The van der Waals surface area contributed by atoms with Gasteiger partial charge in [-0.1, -0.05) is 0 Å². The molecule has 21 heavy (non-hydrogen) atoms. The lowest BCUT2D eigenvalue weighted by molar-refractivity contribution is 0.501. The molecule has 0 radical (unpaired) electrons. The molecule has 0 aliphatic carbocycles. The Morgan fingerprint density at radius 3 is 2.71 bits per heavy atom. The number of aliphatic imine (C=N–C) groups is 1. The van der Waals surface area contributed by atoms with Crippen LogP contribution in [0.5, 0.6) is 0 Å². The zero-order valence-corrected chi connectivity index (χ0v) is 12.9. The first-order valence-corrected chi connectivity index (χ1v) is 6.76. The predicted octanol–water partition coefficient (Wildman–Crippen LogP) is 0.944. The molecule has 7 nitrogen and oxygen atoms in total.